The van der Waals surface area contributed by atoms with Gasteiger partial charge in [0.05, 0.1) is 7.11 Å². The number of azide groups is 1. The summed E-state index contributed by atoms with van der Waals surface area (Å²) in [6.45, 7) is 1.73. The zero-order chi connectivity index (χ0) is 8.97. The Labute approximate surface area is 68.8 Å². The first-order valence-electron chi connectivity index (χ1n) is 3.20. The van der Waals surface area contributed by atoms with E-state index in [1.165, 1.54) is 13.4 Å². The quantitative estimate of drug-likeness (QED) is 0.380. The predicted octanol–water partition coefficient (Wildman–Crippen LogP) is 1.74. The second-order valence-electron chi connectivity index (χ2n) is 2.02. The smallest absolute Gasteiger partial charge is 0.219 e. The summed E-state index contributed by atoms with van der Waals surface area (Å²) in [5.41, 5.74) is 8.80. The summed E-state index contributed by atoms with van der Waals surface area (Å²) in [5.74, 6) is 0.719. The highest BCUT2D eigenvalue weighted by Gasteiger charge is 2.03. The fourth-order valence-corrected chi connectivity index (χ4v) is 0.774. The van der Waals surface area contributed by atoms with Crippen LogP contribution in [0, 0.1) is 6.92 Å². The molecule has 0 aliphatic heterocycles. The Bertz CT molecular complexity index is 331. The first-order valence-corrected chi connectivity index (χ1v) is 3.20. The van der Waals surface area contributed by atoms with Gasteiger partial charge in [0, 0.05) is 10.5 Å². The first kappa shape index (κ1) is 8.29. The number of ether oxygens (including phenoxy) is 1. The molecule has 0 aliphatic rings. The van der Waals surface area contributed by atoms with Crippen molar-refractivity contribution >= 4 is 5.82 Å². The zero-order valence-electron chi connectivity index (χ0n) is 6.72. The maximum absolute atomic E-state index is 8.16. The van der Waals surface area contributed by atoms with Crippen molar-refractivity contribution in [3.63, 3.8) is 0 Å². The second kappa shape index (κ2) is 3.54. The number of aromatic nitrogens is 2. The van der Waals surface area contributed by atoms with Gasteiger partial charge in [-0.25, -0.2) is 9.97 Å². The fraction of sp³-hybridized carbons (Fsp3) is 0.333. The van der Waals surface area contributed by atoms with Crippen LogP contribution >= 0.6 is 0 Å². The van der Waals surface area contributed by atoms with E-state index >= 15 is 0 Å². The number of hydrogen-bond donors (Lipinski definition) is 0. The Balaban J connectivity index is 3.22. The molecule has 12 heavy (non-hydrogen) atoms. The Morgan fingerprint density at radius 1 is 1.58 bits per heavy atom. The van der Waals surface area contributed by atoms with Crippen LogP contribution in [-0.4, -0.2) is 17.1 Å². The van der Waals surface area contributed by atoms with E-state index in [0.29, 0.717) is 17.3 Å². The lowest BCUT2D eigenvalue weighted by atomic mass is 10.3. The van der Waals surface area contributed by atoms with Crippen molar-refractivity contribution in [1.82, 2.24) is 9.97 Å². The number of rotatable bonds is 2. The molecule has 0 amide bonds. The Morgan fingerprint density at radius 3 is 2.92 bits per heavy atom. The molecule has 1 aromatic rings. The summed E-state index contributed by atoms with van der Waals surface area (Å²) in [6, 6.07) is 0. The van der Waals surface area contributed by atoms with E-state index in [1.807, 2.05) is 0 Å². The van der Waals surface area contributed by atoms with Gasteiger partial charge in [0.2, 0.25) is 5.88 Å². The third-order valence-electron chi connectivity index (χ3n) is 1.34. The number of methoxy groups -OCH3 is 1. The van der Waals surface area contributed by atoms with Crippen LogP contribution in [0.5, 0.6) is 5.88 Å². The lowest BCUT2D eigenvalue weighted by Gasteiger charge is -2.02. The number of nitrogens with zero attached hydrogens (tertiary/aromatic N) is 5. The molecular formula is C6H7N5O. The molecule has 0 N–H and O–H groups in total. The minimum atomic E-state index is 0.296. The van der Waals surface area contributed by atoms with Crippen LogP contribution in [0.4, 0.5) is 5.82 Å². The fourth-order valence-electron chi connectivity index (χ4n) is 0.774. The molecule has 0 saturated heterocycles. The Hall–Kier alpha value is -1.81. The van der Waals surface area contributed by atoms with Crippen LogP contribution < -0.4 is 4.74 Å². The van der Waals surface area contributed by atoms with Gasteiger partial charge < -0.3 is 4.74 Å². The highest BCUT2D eigenvalue weighted by molar-refractivity contribution is 5.42. The summed E-state index contributed by atoms with van der Waals surface area (Å²) in [7, 11) is 1.50. The molecular weight excluding hydrogens is 158 g/mol. The van der Waals surface area contributed by atoms with Crippen LogP contribution in [-0.2, 0) is 0 Å². The normalized spacial score (nSPS) is 8.83. The van der Waals surface area contributed by atoms with Gasteiger partial charge in [-0.1, -0.05) is 0 Å². The van der Waals surface area contributed by atoms with Crippen LogP contribution in [0.25, 0.3) is 10.4 Å². The van der Waals surface area contributed by atoms with Crippen molar-refractivity contribution < 1.29 is 4.74 Å². The van der Waals surface area contributed by atoms with Crippen LogP contribution in [0.3, 0.4) is 0 Å². The highest BCUT2D eigenvalue weighted by atomic mass is 16.5. The second-order valence-corrected chi connectivity index (χ2v) is 2.02. The topological polar surface area (TPSA) is 83.8 Å². The van der Waals surface area contributed by atoms with Crippen LogP contribution in [0.1, 0.15) is 5.56 Å². The maximum atomic E-state index is 8.16. The third kappa shape index (κ3) is 1.43. The number of hydrogen-bond acceptors (Lipinski definition) is 4. The molecule has 1 heterocycles. The molecule has 0 radical (unpaired) electrons. The molecule has 0 aliphatic carbocycles. The van der Waals surface area contributed by atoms with E-state index in [9.17, 15) is 0 Å². The average molecular weight is 165 g/mol. The first-order chi connectivity index (χ1) is 5.79. The SMILES string of the molecule is COc1ncnc(N=[N+]=[N-])c1C. The average Bonchev–Trinajstić information content (AvgIpc) is 2.09. The molecule has 0 unspecified atom stereocenters. The largest absolute Gasteiger partial charge is 0.481 e. The van der Waals surface area contributed by atoms with Crippen molar-refractivity contribution in [2.24, 2.45) is 5.11 Å². The van der Waals surface area contributed by atoms with E-state index in [4.69, 9.17) is 10.3 Å². The monoisotopic (exact) mass is 165 g/mol. The van der Waals surface area contributed by atoms with Gasteiger partial charge in [-0.05, 0) is 17.6 Å². The van der Waals surface area contributed by atoms with Gasteiger partial charge in [0.1, 0.15) is 12.1 Å². The molecule has 0 atom stereocenters. The molecule has 6 heteroatoms. The summed E-state index contributed by atoms with van der Waals surface area (Å²) < 4.78 is 4.90. The van der Waals surface area contributed by atoms with Gasteiger partial charge in [0.15, 0.2) is 0 Å². The zero-order valence-corrected chi connectivity index (χ0v) is 6.72. The van der Waals surface area contributed by atoms with Gasteiger partial charge in [0.25, 0.3) is 0 Å². The Morgan fingerprint density at radius 2 is 2.33 bits per heavy atom. The molecule has 6 nitrogen and oxygen atoms in total. The molecule has 1 aromatic heterocycles. The molecule has 0 saturated carbocycles. The summed E-state index contributed by atoms with van der Waals surface area (Å²) in [5, 5.41) is 3.36. The predicted molar refractivity (Wildman–Crippen MR) is 42.1 cm³/mol. The summed E-state index contributed by atoms with van der Waals surface area (Å²) in [4.78, 5) is 10.2. The van der Waals surface area contributed by atoms with E-state index in [1.54, 1.807) is 6.92 Å². The highest BCUT2D eigenvalue weighted by Crippen LogP contribution is 2.21. The van der Waals surface area contributed by atoms with Crippen molar-refractivity contribution in [3.8, 4) is 5.88 Å². The molecule has 0 aromatic carbocycles. The van der Waals surface area contributed by atoms with E-state index in [0.717, 1.165) is 0 Å². The Kier molecular flexibility index (Phi) is 2.45. The van der Waals surface area contributed by atoms with Crippen LogP contribution in [0.2, 0.25) is 0 Å². The minimum absolute atomic E-state index is 0.296. The summed E-state index contributed by atoms with van der Waals surface area (Å²) >= 11 is 0. The molecule has 62 valence electrons. The molecule has 1 rings (SSSR count). The lowest BCUT2D eigenvalue weighted by molar-refractivity contribution is 0.393. The lowest BCUT2D eigenvalue weighted by Crippen LogP contribution is -1.92. The van der Waals surface area contributed by atoms with Crippen molar-refractivity contribution in [2.75, 3.05) is 7.11 Å². The van der Waals surface area contributed by atoms with E-state index in [2.05, 4.69) is 20.0 Å². The maximum Gasteiger partial charge on any atom is 0.219 e. The van der Waals surface area contributed by atoms with Gasteiger partial charge in [-0.2, -0.15) is 0 Å². The van der Waals surface area contributed by atoms with Gasteiger partial charge >= 0.3 is 0 Å². The van der Waals surface area contributed by atoms with E-state index < -0.39 is 0 Å². The van der Waals surface area contributed by atoms with Gasteiger partial charge in [-0.15, -0.1) is 0 Å². The van der Waals surface area contributed by atoms with E-state index in [-0.39, 0.29) is 0 Å². The van der Waals surface area contributed by atoms with Crippen molar-refractivity contribution in [3.05, 3.63) is 22.3 Å². The van der Waals surface area contributed by atoms with Crippen LogP contribution in [0.15, 0.2) is 11.4 Å². The van der Waals surface area contributed by atoms with Crippen molar-refractivity contribution in [1.29, 1.82) is 0 Å². The van der Waals surface area contributed by atoms with Gasteiger partial charge in [-0.3, -0.25) is 0 Å². The third-order valence-corrected chi connectivity index (χ3v) is 1.34. The minimum Gasteiger partial charge on any atom is -0.481 e. The molecule has 0 fully saturated rings. The standard InChI is InChI=1S/C6H7N5O/c1-4-5(10-11-7)8-3-9-6(4)12-2/h3H,1-2H3. The van der Waals surface area contributed by atoms with Crippen molar-refractivity contribution in [2.45, 2.75) is 6.92 Å². The summed E-state index contributed by atoms with van der Waals surface area (Å²) in [6.07, 6.45) is 1.29. The molecule has 0 bridgehead atoms. The molecule has 0 spiro atoms.